The van der Waals surface area contributed by atoms with E-state index < -0.39 is 0 Å². The molecule has 1 atom stereocenters. The number of nitrogens with zero attached hydrogens (tertiary/aromatic N) is 1. The molecule has 1 aliphatic heterocycles. The van der Waals surface area contributed by atoms with Crippen molar-refractivity contribution < 1.29 is 4.39 Å². The lowest BCUT2D eigenvalue weighted by Crippen LogP contribution is -1.98. The summed E-state index contributed by atoms with van der Waals surface area (Å²) in [7, 11) is 0. The normalized spacial score (nSPS) is 18.4. The Balaban J connectivity index is 1.89. The molecule has 0 amide bonds. The van der Waals surface area contributed by atoms with Crippen LogP contribution in [0, 0.1) is 12.7 Å². The molecule has 0 saturated heterocycles. The Bertz CT molecular complexity index is 613. The Labute approximate surface area is 112 Å². The highest BCUT2D eigenvalue weighted by atomic mass is 19.1. The first-order chi connectivity index (χ1) is 9.24. The summed E-state index contributed by atoms with van der Waals surface area (Å²) in [6, 6.07) is 15.2. The minimum atomic E-state index is -0.190. The van der Waals surface area contributed by atoms with Gasteiger partial charge in [0.2, 0.25) is 0 Å². The third kappa shape index (κ3) is 2.43. The zero-order valence-electron chi connectivity index (χ0n) is 10.9. The van der Waals surface area contributed by atoms with E-state index in [-0.39, 0.29) is 11.9 Å². The van der Waals surface area contributed by atoms with Crippen LogP contribution >= 0.6 is 0 Å². The summed E-state index contributed by atoms with van der Waals surface area (Å²) in [6.07, 6.45) is 2.00. The lowest BCUT2D eigenvalue weighted by molar-refractivity contribution is 0.624. The van der Waals surface area contributed by atoms with Crippen molar-refractivity contribution in [2.45, 2.75) is 25.8 Å². The maximum Gasteiger partial charge on any atom is 0.123 e. The van der Waals surface area contributed by atoms with Crippen molar-refractivity contribution in [1.29, 1.82) is 0 Å². The van der Waals surface area contributed by atoms with E-state index in [1.807, 2.05) is 18.2 Å². The van der Waals surface area contributed by atoms with E-state index in [1.165, 1.54) is 29.0 Å². The van der Waals surface area contributed by atoms with Crippen LogP contribution in [-0.2, 0) is 0 Å². The Morgan fingerprint density at radius 3 is 2.53 bits per heavy atom. The summed E-state index contributed by atoms with van der Waals surface area (Å²) in [6.45, 7) is 2.11. The third-order valence-electron chi connectivity index (χ3n) is 3.68. The average Bonchev–Trinajstić information content (AvgIpc) is 2.89. The highest BCUT2D eigenvalue weighted by Crippen LogP contribution is 2.31. The van der Waals surface area contributed by atoms with Gasteiger partial charge in [0.25, 0.3) is 0 Å². The van der Waals surface area contributed by atoms with Crippen molar-refractivity contribution in [2.24, 2.45) is 4.99 Å². The van der Waals surface area contributed by atoms with Gasteiger partial charge >= 0.3 is 0 Å². The number of hydrogen-bond acceptors (Lipinski definition) is 1. The molecule has 3 rings (SSSR count). The third-order valence-corrected chi connectivity index (χ3v) is 3.68. The summed E-state index contributed by atoms with van der Waals surface area (Å²) < 4.78 is 12.9. The van der Waals surface area contributed by atoms with Gasteiger partial charge in [0, 0.05) is 5.71 Å². The molecule has 0 N–H and O–H groups in total. The lowest BCUT2D eigenvalue weighted by atomic mass is 10.0. The van der Waals surface area contributed by atoms with Crippen molar-refractivity contribution in [2.75, 3.05) is 0 Å². The monoisotopic (exact) mass is 253 g/mol. The second kappa shape index (κ2) is 4.96. The number of aryl methyl sites for hydroxylation is 1. The Morgan fingerprint density at radius 2 is 1.79 bits per heavy atom. The number of halogens is 1. The molecular formula is C17H16FN. The molecule has 0 aliphatic carbocycles. The van der Waals surface area contributed by atoms with E-state index in [9.17, 15) is 4.39 Å². The smallest absolute Gasteiger partial charge is 0.123 e. The first-order valence-corrected chi connectivity index (χ1v) is 6.62. The van der Waals surface area contributed by atoms with Gasteiger partial charge in [-0.1, -0.05) is 36.4 Å². The van der Waals surface area contributed by atoms with Crippen LogP contribution in [0.15, 0.2) is 53.5 Å². The Morgan fingerprint density at radius 1 is 1.05 bits per heavy atom. The van der Waals surface area contributed by atoms with Crippen molar-refractivity contribution in [3.05, 3.63) is 71.0 Å². The molecule has 2 heteroatoms. The second-order valence-corrected chi connectivity index (χ2v) is 5.00. The zero-order chi connectivity index (χ0) is 13.2. The highest BCUT2D eigenvalue weighted by Gasteiger charge is 2.20. The maximum absolute atomic E-state index is 12.9. The van der Waals surface area contributed by atoms with Gasteiger partial charge < -0.3 is 0 Å². The molecular weight excluding hydrogens is 237 g/mol. The van der Waals surface area contributed by atoms with Crippen LogP contribution < -0.4 is 0 Å². The van der Waals surface area contributed by atoms with Gasteiger partial charge in [-0.05, 0) is 48.6 Å². The van der Waals surface area contributed by atoms with E-state index in [4.69, 9.17) is 4.99 Å². The molecule has 0 spiro atoms. The van der Waals surface area contributed by atoms with E-state index in [1.54, 1.807) is 0 Å². The molecule has 1 unspecified atom stereocenters. The van der Waals surface area contributed by atoms with Crippen molar-refractivity contribution in [1.82, 2.24) is 0 Å². The second-order valence-electron chi connectivity index (χ2n) is 5.00. The first-order valence-electron chi connectivity index (χ1n) is 6.62. The van der Waals surface area contributed by atoms with Gasteiger partial charge in [0.15, 0.2) is 0 Å². The molecule has 0 bridgehead atoms. The number of aliphatic imine (C=N–C) groups is 1. The summed E-state index contributed by atoms with van der Waals surface area (Å²) in [5, 5.41) is 0. The molecule has 19 heavy (non-hydrogen) atoms. The standard InChI is InChI=1S/C17H16FN/c1-12-4-2-3-5-15(12)17-11-10-16(19-17)13-6-8-14(18)9-7-13/h2-9,16H,10-11H2,1H3. The SMILES string of the molecule is Cc1ccccc1C1=NC(c2ccc(F)cc2)CC1. The highest BCUT2D eigenvalue weighted by molar-refractivity contribution is 6.02. The number of hydrogen-bond donors (Lipinski definition) is 0. The molecule has 0 aromatic heterocycles. The lowest BCUT2D eigenvalue weighted by Gasteiger charge is -2.06. The maximum atomic E-state index is 12.9. The van der Waals surface area contributed by atoms with E-state index in [2.05, 4.69) is 25.1 Å². The molecule has 0 radical (unpaired) electrons. The fraction of sp³-hybridized carbons (Fsp3) is 0.235. The largest absolute Gasteiger partial charge is 0.281 e. The molecule has 2 aromatic rings. The quantitative estimate of drug-likeness (QED) is 0.749. The van der Waals surface area contributed by atoms with Gasteiger partial charge in [-0.25, -0.2) is 4.39 Å². The number of benzene rings is 2. The molecule has 1 aliphatic rings. The van der Waals surface area contributed by atoms with Crippen LogP contribution in [0.2, 0.25) is 0 Å². The fourth-order valence-corrected chi connectivity index (χ4v) is 2.62. The average molecular weight is 253 g/mol. The fourth-order valence-electron chi connectivity index (χ4n) is 2.62. The van der Waals surface area contributed by atoms with Crippen LogP contribution in [0.3, 0.4) is 0 Å². The molecule has 0 fully saturated rings. The van der Waals surface area contributed by atoms with Gasteiger partial charge in [-0.15, -0.1) is 0 Å². The van der Waals surface area contributed by atoms with Gasteiger partial charge in [-0.2, -0.15) is 0 Å². The summed E-state index contributed by atoms with van der Waals surface area (Å²) in [5.74, 6) is -0.190. The summed E-state index contributed by atoms with van der Waals surface area (Å²) in [5.41, 5.74) is 4.78. The van der Waals surface area contributed by atoms with Crippen molar-refractivity contribution >= 4 is 5.71 Å². The van der Waals surface area contributed by atoms with Crippen LogP contribution in [0.1, 0.15) is 35.6 Å². The number of rotatable bonds is 2. The van der Waals surface area contributed by atoms with Crippen molar-refractivity contribution in [3.8, 4) is 0 Å². The van der Waals surface area contributed by atoms with Crippen LogP contribution in [0.25, 0.3) is 0 Å². The topological polar surface area (TPSA) is 12.4 Å². The minimum Gasteiger partial charge on any atom is -0.281 e. The van der Waals surface area contributed by atoms with Gasteiger partial charge in [0.05, 0.1) is 6.04 Å². The van der Waals surface area contributed by atoms with Gasteiger partial charge in [0.1, 0.15) is 5.82 Å². The predicted octanol–water partition coefficient (Wildman–Crippen LogP) is 4.46. The Hall–Kier alpha value is -1.96. The molecule has 96 valence electrons. The molecule has 1 heterocycles. The van der Waals surface area contributed by atoms with Crippen LogP contribution in [-0.4, -0.2) is 5.71 Å². The summed E-state index contributed by atoms with van der Waals surface area (Å²) >= 11 is 0. The van der Waals surface area contributed by atoms with Crippen LogP contribution in [0.5, 0.6) is 0 Å². The van der Waals surface area contributed by atoms with Crippen molar-refractivity contribution in [3.63, 3.8) is 0 Å². The zero-order valence-corrected chi connectivity index (χ0v) is 10.9. The van der Waals surface area contributed by atoms with E-state index in [0.717, 1.165) is 18.4 Å². The van der Waals surface area contributed by atoms with E-state index >= 15 is 0 Å². The summed E-state index contributed by atoms with van der Waals surface area (Å²) in [4.78, 5) is 4.81. The van der Waals surface area contributed by atoms with Gasteiger partial charge in [-0.3, -0.25) is 4.99 Å². The molecule has 1 nitrogen and oxygen atoms in total. The molecule has 2 aromatic carbocycles. The first kappa shape index (κ1) is 12.1. The molecule has 0 saturated carbocycles. The van der Waals surface area contributed by atoms with E-state index in [0.29, 0.717) is 0 Å². The predicted molar refractivity (Wildman–Crippen MR) is 76.1 cm³/mol. The van der Waals surface area contributed by atoms with Crippen LogP contribution in [0.4, 0.5) is 4.39 Å². The Kier molecular flexibility index (Phi) is 3.16. The minimum absolute atomic E-state index is 0.176.